The summed E-state index contributed by atoms with van der Waals surface area (Å²) in [6.45, 7) is 1.96. The zero-order chi connectivity index (χ0) is 15.0. The van der Waals surface area contributed by atoms with E-state index < -0.39 is 5.82 Å². The van der Waals surface area contributed by atoms with Gasteiger partial charge in [-0.2, -0.15) is 0 Å². The zero-order valence-electron chi connectivity index (χ0n) is 11.5. The molecule has 0 unspecified atom stereocenters. The summed E-state index contributed by atoms with van der Waals surface area (Å²) in [6, 6.07) is 10.2. The SMILES string of the molecule is COc1cc(-c2nc(Cl)c3cccc(C)c3n2)ccc1F. The van der Waals surface area contributed by atoms with Crippen molar-refractivity contribution in [3.05, 3.63) is 52.9 Å². The highest BCUT2D eigenvalue weighted by molar-refractivity contribution is 6.34. The molecule has 2 aromatic carbocycles. The van der Waals surface area contributed by atoms with Gasteiger partial charge in [-0.05, 0) is 36.8 Å². The lowest BCUT2D eigenvalue weighted by Crippen LogP contribution is -1.95. The average Bonchev–Trinajstić information content (AvgIpc) is 2.48. The summed E-state index contributed by atoms with van der Waals surface area (Å²) in [5.41, 5.74) is 2.45. The molecule has 0 fully saturated rings. The molecule has 0 amide bonds. The molecule has 0 aliphatic heterocycles. The first-order valence-electron chi connectivity index (χ1n) is 6.37. The number of hydrogen-bond acceptors (Lipinski definition) is 3. The largest absolute Gasteiger partial charge is 0.494 e. The van der Waals surface area contributed by atoms with Gasteiger partial charge in [0.2, 0.25) is 0 Å². The van der Waals surface area contributed by atoms with Crippen LogP contribution in [-0.4, -0.2) is 17.1 Å². The summed E-state index contributed by atoms with van der Waals surface area (Å²) in [5.74, 6) is 0.168. The van der Waals surface area contributed by atoms with Gasteiger partial charge in [0.1, 0.15) is 5.15 Å². The monoisotopic (exact) mass is 302 g/mol. The number of fused-ring (bicyclic) bond motifs is 1. The molecule has 0 aliphatic rings. The van der Waals surface area contributed by atoms with Crippen LogP contribution in [0, 0.1) is 12.7 Å². The molecule has 21 heavy (non-hydrogen) atoms. The minimum Gasteiger partial charge on any atom is -0.494 e. The summed E-state index contributed by atoms with van der Waals surface area (Å²) in [4.78, 5) is 8.83. The third-order valence-corrected chi connectivity index (χ3v) is 3.58. The van der Waals surface area contributed by atoms with E-state index in [2.05, 4.69) is 9.97 Å². The Labute approximate surface area is 126 Å². The van der Waals surface area contributed by atoms with E-state index in [1.54, 1.807) is 12.1 Å². The molecule has 3 rings (SSSR count). The van der Waals surface area contributed by atoms with Gasteiger partial charge >= 0.3 is 0 Å². The molecule has 0 saturated carbocycles. The van der Waals surface area contributed by atoms with Crippen LogP contribution in [0.1, 0.15) is 5.56 Å². The molecule has 0 N–H and O–H groups in total. The number of aryl methyl sites for hydroxylation is 1. The van der Waals surface area contributed by atoms with Crippen LogP contribution >= 0.6 is 11.6 Å². The summed E-state index contributed by atoms with van der Waals surface area (Å²) in [7, 11) is 1.42. The van der Waals surface area contributed by atoms with E-state index in [-0.39, 0.29) is 5.75 Å². The lowest BCUT2D eigenvalue weighted by molar-refractivity contribution is 0.387. The second kappa shape index (κ2) is 5.30. The fourth-order valence-electron chi connectivity index (χ4n) is 2.19. The lowest BCUT2D eigenvalue weighted by atomic mass is 10.1. The molecule has 0 saturated heterocycles. The second-order valence-corrected chi connectivity index (χ2v) is 5.02. The van der Waals surface area contributed by atoms with Crippen molar-refractivity contribution in [2.75, 3.05) is 7.11 Å². The first kappa shape index (κ1) is 13.8. The number of hydrogen-bond donors (Lipinski definition) is 0. The van der Waals surface area contributed by atoms with Gasteiger partial charge in [0.15, 0.2) is 17.4 Å². The van der Waals surface area contributed by atoms with Crippen LogP contribution in [0.2, 0.25) is 5.15 Å². The first-order valence-corrected chi connectivity index (χ1v) is 6.74. The van der Waals surface area contributed by atoms with Crippen molar-refractivity contribution in [3.8, 4) is 17.1 Å². The van der Waals surface area contributed by atoms with Crippen LogP contribution in [0.4, 0.5) is 4.39 Å². The Morgan fingerprint density at radius 1 is 1.14 bits per heavy atom. The average molecular weight is 303 g/mol. The van der Waals surface area contributed by atoms with E-state index in [4.69, 9.17) is 16.3 Å². The summed E-state index contributed by atoms with van der Waals surface area (Å²) >= 11 is 6.23. The van der Waals surface area contributed by atoms with Crippen molar-refractivity contribution in [1.29, 1.82) is 0 Å². The molecule has 1 heterocycles. The predicted octanol–water partition coefficient (Wildman–Crippen LogP) is 4.41. The van der Waals surface area contributed by atoms with E-state index >= 15 is 0 Å². The van der Waals surface area contributed by atoms with E-state index in [1.165, 1.54) is 13.2 Å². The maximum absolute atomic E-state index is 13.5. The molecule has 1 aromatic heterocycles. The highest BCUT2D eigenvalue weighted by Gasteiger charge is 2.11. The van der Waals surface area contributed by atoms with Crippen LogP contribution in [0.25, 0.3) is 22.3 Å². The van der Waals surface area contributed by atoms with Crippen molar-refractivity contribution < 1.29 is 9.13 Å². The number of para-hydroxylation sites is 1. The van der Waals surface area contributed by atoms with Gasteiger partial charge in [0.25, 0.3) is 0 Å². The number of aromatic nitrogens is 2. The topological polar surface area (TPSA) is 35.0 Å². The van der Waals surface area contributed by atoms with Gasteiger partial charge in [-0.1, -0.05) is 23.7 Å². The van der Waals surface area contributed by atoms with Crippen LogP contribution in [0.5, 0.6) is 5.75 Å². The smallest absolute Gasteiger partial charge is 0.165 e. The third kappa shape index (κ3) is 2.43. The quantitative estimate of drug-likeness (QED) is 0.658. The van der Waals surface area contributed by atoms with Crippen molar-refractivity contribution in [2.45, 2.75) is 6.92 Å². The second-order valence-electron chi connectivity index (χ2n) is 4.66. The fourth-order valence-corrected chi connectivity index (χ4v) is 2.42. The van der Waals surface area contributed by atoms with Gasteiger partial charge in [0.05, 0.1) is 12.6 Å². The van der Waals surface area contributed by atoms with Crippen LogP contribution < -0.4 is 4.74 Å². The Kier molecular flexibility index (Phi) is 3.47. The Morgan fingerprint density at radius 3 is 2.71 bits per heavy atom. The van der Waals surface area contributed by atoms with Crippen molar-refractivity contribution in [2.24, 2.45) is 0 Å². The minimum atomic E-state index is -0.427. The van der Waals surface area contributed by atoms with Crippen molar-refractivity contribution >= 4 is 22.5 Å². The molecule has 0 bridgehead atoms. The molecule has 106 valence electrons. The predicted molar refractivity (Wildman–Crippen MR) is 81.2 cm³/mol. The Bertz CT molecular complexity index is 836. The van der Waals surface area contributed by atoms with Crippen LogP contribution in [0.15, 0.2) is 36.4 Å². The zero-order valence-corrected chi connectivity index (χ0v) is 12.3. The number of halogens is 2. The molecule has 3 nitrogen and oxygen atoms in total. The van der Waals surface area contributed by atoms with E-state index in [0.29, 0.717) is 16.5 Å². The van der Waals surface area contributed by atoms with Gasteiger partial charge in [-0.25, -0.2) is 14.4 Å². The fraction of sp³-hybridized carbons (Fsp3) is 0.125. The van der Waals surface area contributed by atoms with Gasteiger partial charge < -0.3 is 4.74 Å². The van der Waals surface area contributed by atoms with E-state index in [1.807, 2.05) is 25.1 Å². The highest BCUT2D eigenvalue weighted by Crippen LogP contribution is 2.29. The minimum absolute atomic E-state index is 0.150. The molecular formula is C16H12ClFN2O. The van der Waals surface area contributed by atoms with Crippen molar-refractivity contribution in [3.63, 3.8) is 0 Å². The maximum Gasteiger partial charge on any atom is 0.165 e. The lowest BCUT2D eigenvalue weighted by Gasteiger charge is -2.08. The Hall–Kier alpha value is -2.20. The van der Waals surface area contributed by atoms with E-state index in [9.17, 15) is 4.39 Å². The molecule has 0 spiro atoms. The highest BCUT2D eigenvalue weighted by atomic mass is 35.5. The van der Waals surface area contributed by atoms with E-state index in [0.717, 1.165) is 16.5 Å². The molecule has 3 aromatic rings. The van der Waals surface area contributed by atoms with Crippen LogP contribution in [0.3, 0.4) is 0 Å². The number of rotatable bonds is 2. The molecule has 0 aliphatic carbocycles. The standard InChI is InChI=1S/C16H12ClFN2O/c1-9-4-3-5-11-14(9)19-16(20-15(11)17)10-6-7-12(18)13(8-10)21-2/h3-8H,1-2H3. The van der Waals surface area contributed by atoms with Gasteiger partial charge in [-0.15, -0.1) is 0 Å². The Morgan fingerprint density at radius 2 is 1.95 bits per heavy atom. The number of nitrogens with zero attached hydrogens (tertiary/aromatic N) is 2. The number of methoxy groups -OCH3 is 1. The molecular weight excluding hydrogens is 291 g/mol. The molecule has 0 atom stereocenters. The number of ether oxygens (including phenoxy) is 1. The molecule has 0 radical (unpaired) electrons. The normalized spacial score (nSPS) is 10.9. The third-order valence-electron chi connectivity index (χ3n) is 3.29. The van der Waals surface area contributed by atoms with Crippen LogP contribution in [-0.2, 0) is 0 Å². The maximum atomic E-state index is 13.5. The summed E-state index contributed by atoms with van der Waals surface area (Å²) in [6.07, 6.45) is 0. The summed E-state index contributed by atoms with van der Waals surface area (Å²) in [5, 5.41) is 1.18. The molecule has 5 heteroatoms. The first-order chi connectivity index (χ1) is 10.1. The van der Waals surface area contributed by atoms with Gasteiger partial charge in [0, 0.05) is 10.9 Å². The number of benzene rings is 2. The summed E-state index contributed by atoms with van der Waals surface area (Å²) < 4.78 is 18.5. The van der Waals surface area contributed by atoms with Gasteiger partial charge in [-0.3, -0.25) is 0 Å². The van der Waals surface area contributed by atoms with Crippen molar-refractivity contribution in [1.82, 2.24) is 9.97 Å². The Balaban J connectivity index is 2.23.